The molecule has 5 nitrogen and oxygen atoms in total. The van der Waals surface area contributed by atoms with Gasteiger partial charge in [0, 0.05) is 37.5 Å². The molecule has 2 atom stereocenters. The predicted octanol–water partition coefficient (Wildman–Crippen LogP) is 5.11. The van der Waals surface area contributed by atoms with Crippen molar-refractivity contribution in [1.82, 2.24) is 0 Å². The monoisotopic (exact) mass is 458 g/mol. The summed E-state index contributed by atoms with van der Waals surface area (Å²) in [5.74, 6) is -0.241. The van der Waals surface area contributed by atoms with Gasteiger partial charge in [0.05, 0.1) is 7.11 Å². The van der Waals surface area contributed by atoms with E-state index in [4.69, 9.17) is 14.5 Å². The Bertz CT molecular complexity index is 1190. The van der Waals surface area contributed by atoms with Crippen LogP contribution < -0.4 is 0 Å². The third-order valence-corrected chi connectivity index (χ3v) is 6.77. The number of rotatable bonds is 5. The van der Waals surface area contributed by atoms with Gasteiger partial charge in [-0.2, -0.15) is 0 Å². The molecule has 0 saturated carbocycles. The maximum absolute atomic E-state index is 15.3. The number of hydrogen-bond donors (Lipinski definition) is 0. The Labute approximate surface area is 198 Å². The predicted molar refractivity (Wildman–Crippen MR) is 130 cm³/mol. The topological polar surface area (TPSA) is 60.2 Å². The molecule has 1 fully saturated rings. The molecule has 2 unspecified atom stereocenters. The van der Waals surface area contributed by atoms with Gasteiger partial charge in [-0.1, -0.05) is 42.5 Å². The first-order chi connectivity index (χ1) is 16.7. The standard InChI is InChI=1S/C28H27FN2O3/c1-33-26-16-25(22-8-7-20(15-24(22)29)18-10-13-34-14-11-18)31-27(28(26)32)21-9-12-30-17-23(21)19-5-3-2-4-6-19/h2-9,12,15-16,18,23,25H,10-11,13-14,17H2,1H3. The van der Waals surface area contributed by atoms with Crippen molar-refractivity contribution in [1.29, 1.82) is 0 Å². The fraction of sp³-hybridized carbons (Fsp3) is 0.321. The second kappa shape index (κ2) is 9.85. The number of carbonyl (C=O) groups is 1. The number of aliphatic imine (C=N–C) groups is 2. The number of ether oxygens (including phenoxy) is 2. The zero-order valence-corrected chi connectivity index (χ0v) is 19.1. The molecule has 2 aromatic rings. The van der Waals surface area contributed by atoms with Crippen LogP contribution >= 0.6 is 0 Å². The lowest BCUT2D eigenvalue weighted by atomic mass is 9.84. The van der Waals surface area contributed by atoms with Gasteiger partial charge in [-0.3, -0.25) is 14.8 Å². The lowest BCUT2D eigenvalue weighted by molar-refractivity contribution is -0.112. The van der Waals surface area contributed by atoms with Crippen LogP contribution in [-0.4, -0.2) is 44.6 Å². The van der Waals surface area contributed by atoms with Gasteiger partial charge in [-0.05, 0) is 53.7 Å². The van der Waals surface area contributed by atoms with Crippen molar-refractivity contribution in [3.63, 3.8) is 0 Å². The van der Waals surface area contributed by atoms with Crippen LogP contribution in [0, 0.1) is 5.82 Å². The minimum absolute atomic E-state index is 0.105. The Morgan fingerprint density at radius 1 is 1.06 bits per heavy atom. The molecule has 0 bridgehead atoms. The highest BCUT2D eigenvalue weighted by atomic mass is 19.1. The first-order valence-electron chi connectivity index (χ1n) is 11.7. The smallest absolute Gasteiger partial charge is 0.245 e. The van der Waals surface area contributed by atoms with Crippen molar-refractivity contribution in [3.05, 3.63) is 94.5 Å². The minimum atomic E-state index is -0.650. The van der Waals surface area contributed by atoms with E-state index in [-0.39, 0.29) is 23.3 Å². The van der Waals surface area contributed by atoms with Gasteiger partial charge >= 0.3 is 0 Å². The van der Waals surface area contributed by atoms with E-state index >= 15 is 4.39 Å². The van der Waals surface area contributed by atoms with Crippen LogP contribution in [0.25, 0.3) is 0 Å². The molecule has 174 valence electrons. The summed E-state index contributed by atoms with van der Waals surface area (Å²) in [6.07, 6.45) is 6.92. The molecular formula is C28H27FN2O3. The van der Waals surface area contributed by atoms with E-state index in [1.807, 2.05) is 42.5 Å². The first kappa shape index (κ1) is 22.4. The van der Waals surface area contributed by atoms with Gasteiger partial charge < -0.3 is 9.47 Å². The number of allylic oxidation sites excluding steroid dienone is 2. The molecule has 5 rings (SSSR count). The molecule has 0 aromatic heterocycles. The first-order valence-corrected chi connectivity index (χ1v) is 11.7. The molecule has 1 saturated heterocycles. The summed E-state index contributed by atoms with van der Waals surface area (Å²) in [5, 5.41) is 0. The van der Waals surface area contributed by atoms with Crippen molar-refractivity contribution in [2.75, 3.05) is 26.9 Å². The second-order valence-corrected chi connectivity index (χ2v) is 8.75. The molecule has 0 spiro atoms. The average molecular weight is 459 g/mol. The SMILES string of the molecule is COC1=CC(c2ccc(C3CCOCC3)cc2F)N=C(C2=CC=NCC2c2ccccc2)C1=O. The van der Waals surface area contributed by atoms with E-state index in [9.17, 15) is 4.79 Å². The summed E-state index contributed by atoms with van der Waals surface area (Å²) in [6.45, 7) is 1.92. The summed E-state index contributed by atoms with van der Waals surface area (Å²) < 4.78 is 26.2. The van der Waals surface area contributed by atoms with Gasteiger partial charge in [0.1, 0.15) is 17.6 Å². The normalized spacial score (nSPS) is 23.2. The summed E-state index contributed by atoms with van der Waals surface area (Å²) >= 11 is 0. The summed E-state index contributed by atoms with van der Waals surface area (Å²) in [6, 6.07) is 14.6. The zero-order chi connectivity index (χ0) is 23.5. The van der Waals surface area contributed by atoms with Gasteiger partial charge in [0.2, 0.25) is 5.78 Å². The van der Waals surface area contributed by atoms with Crippen LogP contribution in [0.5, 0.6) is 0 Å². The Hall–Kier alpha value is -3.38. The molecule has 3 heterocycles. The van der Waals surface area contributed by atoms with Crippen LogP contribution in [-0.2, 0) is 14.3 Å². The third kappa shape index (κ3) is 4.38. The number of nitrogens with zero attached hydrogens (tertiary/aromatic N) is 2. The Kier molecular flexibility index (Phi) is 6.50. The molecule has 0 amide bonds. The van der Waals surface area contributed by atoms with Gasteiger partial charge in [-0.15, -0.1) is 0 Å². The summed E-state index contributed by atoms with van der Waals surface area (Å²) in [7, 11) is 1.46. The minimum Gasteiger partial charge on any atom is -0.493 e. The highest BCUT2D eigenvalue weighted by Crippen LogP contribution is 2.35. The third-order valence-electron chi connectivity index (χ3n) is 6.77. The molecule has 0 radical (unpaired) electrons. The molecule has 0 N–H and O–H groups in total. The number of methoxy groups -OCH3 is 1. The largest absolute Gasteiger partial charge is 0.493 e. The Morgan fingerprint density at radius 3 is 2.59 bits per heavy atom. The van der Waals surface area contributed by atoms with E-state index in [0.29, 0.717) is 37.0 Å². The molecule has 3 aliphatic heterocycles. The molecular weight excluding hydrogens is 431 g/mol. The maximum Gasteiger partial charge on any atom is 0.245 e. The van der Waals surface area contributed by atoms with Crippen LogP contribution in [0.1, 0.15) is 47.4 Å². The fourth-order valence-corrected chi connectivity index (χ4v) is 4.89. The van der Waals surface area contributed by atoms with Gasteiger partial charge in [0.15, 0.2) is 5.76 Å². The lowest BCUT2D eigenvalue weighted by Crippen LogP contribution is -2.29. The Balaban J connectivity index is 1.51. The van der Waals surface area contributed by atoms with E-state index < -0.39 is 6.04 Å². The van der Waals surface area contributed by atoms with E-state index in [1.54, 1.807) is 24.4 Å². The van der Waals surface area contributed by atoms with Crippen LogP contribution in [0.3, 0.4) is 0 Å². The zero-order valence-electron chi connectivity index (χ0n) is 19.1. The summed E-state index contributed by atoms with van der Waals surface area (Å²) in [5.41, 5.74) is 3.54. The van der Waals surface area contributed by atoms with E-state index in [0.717, 1.165) is 29.5 Å². The van der Waals surface area contributed by atoms with Crippen molar-refractivity contribution in [2.45, 2.75) is 30.7 Å². The van der Waals surface area contributed by atoms with Crippen molar-refractivity contribution >= 4 is 17.7 Å². The molecule has 6 heteroatoms. The quantitative estimate of drug-likeness (QED) is 0.626. The number of halogens is 1. The van der Waals surface area contributed by atoms with Crippen molar-refractivity contribution < 1.29 is 18.7 Å². The Morgan fingerprint density at radius 2 is 1.85 bits per heavy atom. The van der Waals surface area contributed by atoms with Gasteiger partial charge in [-0.25, -0.2) is 4.39 Å². The highest BCUT2D eigenvalue weighted by molar-refractivity contribution is 6.52. The number of benzene rings is 2. The summed E-state index contributed by atoms with van der Waals surface area (Å²) in [4.78, 5) is 22.4. The molecule has 34 heavy (non-hydrogen) atoms. The maximum atomic E-state index is 15.3. The van der Waals surface area contributed by atoms with E-state index in [1.165, 1.54) is 7.11 Å². The van der Waals surface area contributed by atoms with Crippen LogP contribution in [0.15, 0.2) is 82.0 Å². The highest BCUT2D eigenvalue weighted by Gasteiger charge is 2.33. The van der Waals surface area contributed by atoms with Crippen molar-refractivity contribution in [2.24, 2.45) is 9.98 Å². The fourth-order valence-electron chi connectivity index (χ4n) is 4.89. The van der Waals surface area contributed by atoms with Crippen LogP contribution in [0.2, 0.25) is 0 Å². The van der Waals surface area contributed by atoms with Crippen LogP contribution in [0.4, 0.5) is 4.39 Å². The molecule has 0 aliphatic carbocycles. The number of carbonyl (C=O) groups excluding carboxylic acids is 1. The van der Waals surface area contributed by atoms with Gasteiger partial charge in [0.25, 0.3) is 0 Å². The lowest BCUT2D eigenvalue weighted by Gasteiger charge is -2.27. The van der Waals surface area contributed by atoms with E-state index in [2.05, 4.69) is 4.99 Å². The number of hydrogen-bond acceptors (Lipinski definition) is 5. The number of Topliss-reactive ketones (excluding diaryl/α,β-unsaturated/α-hetero) is 1. The average Bonchev–Trinajstić information content (AvgIpc) is 2.90. The molecule has 3 aliphatic rings. The molecule has 2 aromatic carbocycles. The number of dihydropyridines is 2. The second-order valence-electron chi connectivity index (χ2n) is 8.75. The number of ketones is 1. The van der Waals surface area contributed by atoms with Crippen molar-refractivity contribution in [3.8, 4) is 0 Å².